The summed E-state index contributed by atoms with van der Waals surface area (Å²) in [5.41, 5.74) is 0.962. The van der Waals surface area contributed by atoms with Gasteiger partial charge in [0.25, 0.3) is 0 Å². The first-order valence-corrected chi connectivity index (χ1v) is 7.09. The minimum Gasteiger partial charge on any atom is -0.496 e. The fraction of sp³-hybridized carbons (Fsp3) is 0.533. The molecule has 0 radical (unpaired) electrons. The van der Waals surface area contributed by atoms with E-state index in [0.29, 0.717) is 0 Å². The largest absolute Gasteiger partial charge is 0.496 e. The maximum absolute atomic E-state index is 9.03. The Morgan fingerprint density at radius 2 is 2.11 bits per heavy atom. The van der Waals surface area contributed by atoms with E-state index in [2.05, 4.69) is 46.1 Å². The Morgan fingerprint density at radius 3 is 2.63 bits per heavy atom. The van der Waals surface area contributed by atoms with E-state index in [1.165, 1.54) is 5.56 Å². The van der Waals surface area contributed by atoms with Gasteiger partial charge < -0.3 is 9.64 Å². The lowest BCUT2D eigenvalue weighted by Gasteiger charge is -2.24. The molecule has 1 rings (SSSR count). The second-order valence-corrected chi connectivity index (χ2v) is 6.31. The molecule has 0 unspecified atom stereocenters. The average molecular weight is 325 g/mol. The average Bonchev–Trinajstić information content (AvgIpc) is 2.36. The van der Waals surface area contributed by atoms with Crippen LogP contribution in [0.25, 0.3) is 0 Å². The summed E-state index contributed by atoms with van der Waals surface area (Å²) in [6, 6.07) is 8.46. The molecule has 3 nitrogen and oxygen atoms in total. The molecule has 1 aromatic carbocycles. The van der Waals surface area contributed by atoms with Crippen molar-refractivity contribution in [3.8, 4) is 11.8 Å². The van der Waals surface area contributed by atoms with Crippen LogP contribution in [0.2, 0.25) is 0 Å². The monoisotopic (exact) mass is 324 g/mol. The minimum atomic E-state index is -0.296. The van der Waals surface area contributed by atoms with Gasteiger partial charge in [0.05, 0.1) is 23.1 Å². The Kier molecular flexibility index (Phi) is 5.84. The van der Waals surface area contributed by atoms with Gasteiger partial charge in [-0.15, -0.1) is 0 Å². The summed E-state index contributed by atoms with van der Waals surface area (Å²) in [4.78, 5) is 2.20. The van der Waals surface area contributed by atoms with E-state index in [0.717, 1.165) is 29.7 Å². The number of nitriles is 1. The van der Waals surface area contributed by atoms with Crippen molar-refractivity contribution in [2.45, 2.75) is 20.3 Å². The molecule has 104 valence electrons. The first-order chi connectivity index (χ1) is 8.88. The number of benzene rings is 1. The molecule has 0 atom stereocenters. The zero-order valence-corrected chi connectivity index (χ0v) is 13.6. The summed E-state index contributed by atoms with van der Waals surface area (Å²) in [5, 5.41) is 9.03. The summed E-state index contributed by atoms with van der Waals surface area (Å²) in [7, 11) is 3.72. The number of likely N-dealkylation sites (N-methyl/N-ethyl adjacent to an activating group) is 1. The van der Waals surface area contributed by atoms with Gasteiger partial charge in [-0.05, 0) is 60.9 Å². The van der Waals surface area contributed by atoms with Crippen molar-refractivity contribution in [1.82, 2.24) is 4.90 Å². The molecule has 0 bridgehead atoms. The molecule has 0 saturated heterocycles. The highest BCUT2D eigenvalue weighted by Gasteiger charge is 2.18. The number of hydrogen-bond donors (Lipinski definition) is 0. The van der Waals surface area contributed by atoms with Crippen molar-refractivity contribution < 1.29 is 4.74 Å². The lowest BCUT2D eigenvalue weighted by atomic mass is 9.95. The number of halogens is 1. The molecule has 4 heteroatoms. The third kappa shape index (κ3) is 5.22. The van der Waals surface area contributed by atoms with Crippen molar-refractivity contribution in [2.24, 2.45) is 5.41 Å². The Balaban J connectivity index is 2.53. The Labute approximate surface area is 124 Å². The fourth-order valence-electron chi connectivity index (χ4n) is 1.97. The van der Waals surface area contributed by atoms with Gasteiger partial charge in [0, 0.05) is 13.1 Å². The summed E-state index contributed by atoms with van der Waals surface area (Å²) < 4.78 is 6.19. The molecule has 0 heterocycles. The van der Waals surface area contributed by atoms with Crippen LogP contribution in [0.1, 0.15) is 19.4 Å². The number of nitrogens with zero attached hydrogens (tertiary/aromatic N) is 2. The van der Waals surface area contributed by atoms with Crippen LogP contribution in [0.4, 0.5) is 0 Å². The third-order valence-corrected chi connectivity index (χ3v) is 3.59. The van der Waals surface area contributed by atoms with Crippen molar-refractivity contribution in [3.63, 3.8) is 0 Å². The Hall–Kier alpha value is -1.05. The van der Waals surface area contributed by atoms with E-state index in [4.69, 9.17) is 10.00 Å². The van der Waals surface area contributed by atoms with Crippen molar-refractivity contribution in [2.75, 3.05) is 27.2 Å². The maximum Gasteiger partial charge on any atom is 0.133 e. The van der Waals surface area contributed by atoms with Crippen LogP contribution >= 0.6 is 15.9 Å². The molecule has 0 aliphatic rings. The van der Waals surface area contributed by atoms with Gasteiger partial charge >= 0.3 is 0 Å². The Morgan fingerprint density at radius 1 is 1.42 bits per heavy atom. The Bertz CT molecular complexity index is 466. The van der Waals surface area contributed by atoms with Crippen molar-refractivity contribution >= 4 is 15.9 Å². The highest BCUT2D eigenvalue weighted by Crippen LogP contribution is 2.25. The van der Waals surface area contributed by atoms with E-state index in [-0.39, 0.29) is 5.41 Å². The SMILES string of the molecule is COc1ccc(CCN(C)CC(C)(C)C#N)cc1Br. The smallest absolute Gasteiger partial charge is 0.133 e. The quantitative estimate of drug-likeness (QED) is 0.803. The second-order valence-electron chi connectivity index (χ2n) is 5.45. The van der Waals surface area contributed by atoms with Gasteiger partial charge in [-0.1, -0.05) is 6.07 Å². The van der Waals surface area contributed by atoms with Crippen LogP contribution in [-0.2, 0) is 6.42 Å². The molecule has 0 aromatic heterocycles. The van der Waals surface area contributed by atoms with Crippen LogP contribution in [0.15, 0.2) is 22.7 Å². The normalized spacial score (nSPS) is 11.4. The molecule has 0 aliphatic heterocycles. The fourth-order valence-corrected chi connectivity index (χ4v) is 2.56. The molecule has 19 heavy (non-hydrogen) atoms. The van der Waals surface area contributed by atoms with E-state index >= 15 is 0 Å². The van der Waals surface area contributed by atoms with Crippen LogP contribution in [0.5, 0.6) is 5.75 Å². The molecule has 1 aromatic rings. The summed E-state index contributed by atoms with van der Waals surface area (Å²) in [5.74, 6) is 0.850. The van der Waals surface area contributed by atoms with Gasteiger partial charge in [0.2, 0.25) is 0 Å². The predicted molar refractivity (Wildman–Crippen MR) is 81.3 cm³/mol. The van der Waals surface area contributed by atoms with Crippen LogP contribution < -0.4 is 4.74 Å². The van der Waals surface area contributed by atoms with Gasteiger partial charge in [-0.25, -0.2) is 0 Å². The van der Waals surface area contributed by atoms with Crippen molar-refractivity contribution in [3.05, 3.63) is 28.2 Å². The minimum absolute atomic E-state index is 0.296. The van der Waals surface area contributed by atoms with E-state index in [1.54, 1.807) is 7.11 Å². The first kappa shape index (κ1) is 16.0. The summed E-state index contributed by atoms with van der Waals surface area (Å²) >= 11 is 3.49. The van der Waals surface area contributed by atoms with Gasteiger partial charge in [-0.3, -0.25) is 0 Å². The standard InChI is InChI=1S/C15H21BrN2O/c1-15(2,10-17)11-18(3)8-7-12-5-6-14(19-4)13(16)9-12/h5-6,9H,7-8,11H2,1-4H3. The van der Waals surface area contributed by atoms with Crippen LogP contribution in [0.3, 0.4) is 0 Å². The molecule has 0 saturated carbocycles. The van der Waals surface area contributed by atoms with Gasteiger partial charge in [-0.2, -0.15) is 5.26 Å². The van der Waals surface area contributed by atoms with Crippen LogP contribution in [0, 0.1) is 16.7 Å². The number of rotatable bonds is 6. The molecular weight excluding hydrogens is 304 g/mol. The van der Waals surface area contributed by atoms with Crippen LogP contribution in [-0.4, -0.2) is 32.1 Å². The predicted octanol–water partition coefficient (Wildman–Crippen LogP) is 3.48. The van der Waals surface area contributed by atoms with E-state index in [1.807, 2.05) is 19.9 Å². The zero-order valence-electron chi connectivity index (χ0n) is 12.0. The van der Waals surface area contributed by atoms with Gasteiger partial charge in [0.1, 0.15) is 5.75 Å². The van der Waals surface area contributed by atoms with E-state index in [9.17, 15) is 0 Å². The highest BCUT2D eigenvalue weighted by molar-refractivity contribution is 9.10. The lowest BCUT2D eigenvalue weighted by molar-refractivity contribution is 0.258. The second kappa shape index (κ2) is 6.93. The highest BCUT2D eigenvalue weighted by atomic mass is 79.9. The molecular formula is C15H21BrN2O. The number of ether oxygens (including phenoxy) is 1. The molecule has 0 amide bonds. The maximum atomic E-state index is 9.03. The zero-order chi connectivity index (χ0) is 14.5. The molecule has 0 N–H and O–H groups in total. The molecule has 0 fully saturated rings. The lowest BCUT2D eigenvalue weighted by Crippen LogP contribution is -2.31. The number of hydrogen-bond acceptors (Lipinski definition) is 3. The topological polar surface area (TPSA) is 36.3 Å². The summed E-state index contributed by atoms with van der Waals surface area (Å²) in [6.07, 6.45) is 0.959. The third-order valence-electron chi connectivity index (χ3n) is 2.97. The summed E-state index contributed by atoms with van der Waals surface area (Å²) in [6.45, 7) is 5.64. The molecule has 0 spiro atoms. The molecule has 0 aliphatic carbocycles. The van der Waals surface area contributed by atoms with E-state index < -0.39 is 0 Å². The van der Waals surface area contributed by atoms with Crippen molar-refractivity contribution in [1.29, 1.82) is 5.26 Å². The number of methoxy groups -OCH3 is 1. The first-order valence-electron chi connectivity index (χ1n) is 6.30. The van der Waals surface area contributed by atoms with Gasteiger partial charge in [0.15, 0.2) is 0 Å².